The van der Waals surface area contributed by atoms with Crippen LogP contribution >= 0.6 is 0 Å². The van der Waals surface area contributed by atoms with Crippen LogP contribution in [-0.4, -0.2) is 32.1 Å². The number of hydrogen-bond donors (Lipinski definition) is 3. The summed E-state index contributed by atoms with van der Waals surface area (Å²) in [6.07, 6.45) is -1.24. The minimum atomic E-state index is -3.93. The van der Waals surface area contributed by atoms with Crippen molar-refractivity contribution in [1.29, 1.82) is 0 Å². The van der Waals surface area contributed by atoms with E-state index in [4.69, 9.17) is 4.74 Å². The topological polar surface area (TPSA) is 105 Å². The highest BCUT2D eigenvalue weighted by Gasteiger charge is 2.19. The Morgan fingerprint density at radius 1 is 1.03 bits per heavy atom. The van der Waals surface area contributed by atoms with Crippen LogP contribution in [0.2, 0.25) is 0 Å². The maximum Gasteiger partial charge on any atom is 0.261 e. The van der Waals surface area contributed by atoms with E-state index >= 15 is 0 Å². The van der Waals surface area contributed by atoms with Crippen LogP contribution in [0.3, 0.4) is 0 Å². The number of ether oxygens (including phenoxy) is 1. The second-order valence-corrected chi connectivity index (χ2v) is 8.10. The molecule has 29 heavy (non-hydrogen) atoms. The summed E-state index contributed by atoms with van der Waals surface area (Å²) in [4.78, 5) is 12.0. The van der Waals surface area contributed by atoms with Crippen LogP contribution in [0.5, 0.6) is 5.75 Å². The Labute approximate surface area is 169 Å². The molecule has 0 fully saturated rings. The van der Waals surface area contributed by atoms with Crippen LogP contribution in [0, 0.1) is 0 Å². The fourth-order valence-corrected chi connectivity index (χ4v) is 3.85. The Morgan fingerprint density at radius 2 is 1.76 bits per heavy atom. The minimum Gasteiger partial charge on any atom is -0.494 e. The first kappa shape index (κ1) is 20.6. The van der Waals surface area contributed by atoms with E-state index in [1.807, 2.05) is 31.2 Å². The molecule has 0 bridgehead atoms. The largest absolute Gasteiger partial charge is 0.494 e. The summed E-state index contributed by atoms with van der Waals surface area (Å²) in [5, 5.41) is 13.7. The van der Waals surface area contributed by atoms with Crippen molar-refractivity contribution in [3.05, 3.63) is 60.7 Å². The fourth-order valence-electron chi connectivity index (χ4n) is 2.75. The maximum absolute atomic E-state index is 13.0. The summed E-state index contributed by atoms with van der Waals surface area (Å²) >= 11 is 0. The Balaban J connectivity index is 1.98. The first-order valence-corrected chi connectivity index (χ1v) is 10.6. The quantitative estimate of drug-likeness (QED) is 0.550. The third kappa shape index (κ3) is 4.85. The van der Waals surface area contributed by atoms with Gasteiger partial charge in [-0.2, -0.15) is 0 Å². The van der Waals surface area contributed by atoms with E-state index in [0.717, 1.165) is 10.8 Å². The molecule has 0 saturated carbocycles. The molecule has 0 heterocycles. The van der Waals surface area contributed by atoms with Crippen molar-refractivity contribution in [2.24, 2.45) is 0 Å². The molecule has 0 unspecified atom stereocenters. The zero-order chi connectivity index (χ0) is 21.0. The Hall–Kier alpha value is -3.10. The van der Waals surface area contributed by atoms with Gasteiger partial charge in [0.05, 0.1) is 22.9 Å². The van der Waals surface area contributed by atoms with Crippen molar-refractivity contribution < 1.29 is 23.1 Å². The number of fused-ring (bicyclic) bond motifs is 1. The van der Waals surface area contributed by atoms with E-state index < -0.39 is 22.0 Å². The number of sulfonamides is 1. The second kappa shape index (κ2) is 8.50. The van der Waals surface area contributed by atoms with Gasteiger partial charge in [0, 0.05) is 6.07 Å². The van der Waals surface area contributed by atoms with Crippen molar-refractivity contribution in [1.82, 2.24) is 0 Å². The molecule has 3 rings (SSSR count). The summed E-state index contributed by atoms with van der Waals surface area (Å²) < 4.78 is 33.9. The van der Waals surface area contributed by atoms with Crippen molar-refractivity contribution in [2.75, 3.05) is 16.6 Å². The van der Waals surface area contributed by atoms with E-state index in [0.29, 0.717) is 12.4 Å². The molecule has 0 aromatic heterocycles. The summed E-state index contributed by atoms with van der Waals surface area (Å²) in [5.41, 5.74) is 0.349. The van der Waals surface area contributed by atoms with Crippen LogP contribution in [-0.2, 0) is 14.8 Å². The number of hydrogen-bond acceptors (Lipinski definition) is 5. The molecule has 152 valence electrons. The highest BCUT2D eigenvalue weighted by atomic mass is 32.2. The molecule has 7 nitrogen and oxygen atoms in total. The monoisotopic (exact) mass is 414 g/mol. The van der Waals surface area contributed by atoms with Gasteiger partial charge in [-0.3, -0.25) is 9.52 Å². The lowest BCUT2D eigenvalue weighted by Crippen LogP contribution is -2.25. The third-order valence-corrected chi connectivity index (χ3v) is 5.58. The second-order valence-electron chi connectivity index (χ2n) is 6.42. The lowest BCUT2D eigenvalue weighted by atomic mass is 10.1. The van der Waals surface area contributed by atoms with Gasteiger partial charge in [-0.1, -0.05) is 30.3 Å². The number of carbonyl (C=O) groups excluding carboxylic acids is 1. The standard InChI is InChI=1S/C21H22N2O5S/c1-3-28-17-9-11-19(22-21(25)14(2)24)20(13-17)23-29(26,27)18-10-8-15-6-4-5-7-16(15)12-18/h4-14,23-24H,3H2,1-2H3,(H,22,25)/t14-/m0/s1. The summed E-state index contributed by atoms with van der Waals surface area (Å²) in [7, 11) is -3.93. The first-order chi connectivity index (χ1) is 13.8. The van der Waals surface area contributed by atoms with Crippen molar-refractivity contribution in [2.45, 2.75) is 24.8 Å². The molecular weight excluding hydrogens is 392 g/mol. The summed E-state index contributed by atoms with van der Waals surface area (Å²) in [6.45, 7) is 3.53. The molecule has 0 aliphatic carbocycles. The lowest BCUT2D eigenvalue weighted by molar-refractivity contribution is -0.123. The molecule has 3 aromatic rings. The van der Waals surface area contributed by atoms with E-state index in [-0.39, 0.29) is 16.3 Å². The van der Waals surface area contributed by atoms with Gasteiger partial charge in [0.15, 0.2) is 0 Å². The number of rotatable bonds is 7. The number of anilines is 2. The van der Waals surface area contributed by atoms with Gasteiger partial charge in [-0.15, -0.1) is 0 Å². The normalized spacial score (nSPS) is 12.4. The lowest BCUT2D eigenvalue weighted by Gasteiger charge is -2.16. The fraction of sp³-hybridized carbons (Fsp3) is 0.190. The number of benzene rings is 3. The first-order valence-electron chi connectivity index (χ1n) is 9.07. The number of aliphatic hydroxyl groups excluding tert-OH is 1. The van der Waals surface area contributed by atoms with Crippen LogP contribution in [0.4, 0.5) is 11.4 Å². The minimum absolute atomic E-state index is 0.0887. The molecule has 0 aliphatic rings. The van der Waals surface area contributed by atoms with Crippen LogP contribution in [0.15, 0.2) is 65.6 Å². The SMILES string of the molecule is CCOc1ccc(NC(=O)[C@H](C)O)c(NS(=O)(=O)c2ccc3ccccc3c2)c1. The van der Waals surface area contributed by atoms with Crippen LogP contribution in [0.1, 0.15) is 13.8 Å². The molecule has 0 radical (unpaired) electrons. The molecule has 3 aromatic carbocycles. The molecule has 0 saturated heterocycles. The maximum atomic E-state index is 13.0. The van der Waals surface area contributed by atoms with E-state index in [2.05, 4.69) is 10.0 Å². The predicted molar refractivity (Wildman–Crippen MR) is 113 cm³/mol. The van der Waals surface area contributed by atoms with Crippen molar-refractivity contribution in [3.63, 3.8) is 0 Å². The Bertz CT molecular complexity index is 1140. The van der Waals surface area contributed by atoms with E-state index in [9.17, 15) is 18.3 Å². The van der Waals surface area contributed by atoms with Crippen molar-refractivity contribution >= 4 is 38.1 Å². The predicted octanol–water partition coefficient (Wildman–Crippen LogP) is 3.36. The third-order valence-electron chi connectivity index (χ3n) is 4.21. The molecule has 1 atom stereocenters. The van der Waals surface area contributed by atoms with Gasteiger partial charge < -0.3 is 15.2 Å². The zero-order valence-electron chi connectivity index (χ0n) is 16.0. The van der Waals surface area contributed by atoms with Gasteiger partial charge in [0.25, 0.3) is 15.9 Å². The Kier molecular flexibility index (Phi) is 6.05. The average Bonchev–Trinajstić information content (AvgIpc) is 2.69. The number of amides is 1. The highest BCUT2D eigenvalue weighted by Crippen LogP contribution is 2.30. The zero-order valence-corrected chi connectivity index (χ0v) is 16.9. The van der Waals surface area contributed by atoms with Crippen LogP contribution in [0.25, 0.3) is 10.8 Å². The van der Waals surface area contributed by atoms with Gasteiger partial charge in [-0.05, 0) is 48.9 Å². The molecule has 1 amide bonds. The molecule has 0 aliphatic heterocycles. The molecule has 8 heteroatoms. The number of carbonyl (C=O) groups is 1. The van der Waals surface area contributed by atoms with Crippen molar-refractivity contribution in [3.8, 4) is 5.75 Å². The number of aliphatic hydroxyl groups is 1. The van der Waals surface area contributed by atoms with Crippen LogP contribution < -0.4 is 14.8 Å². The van der Waals surface area contributed by atoms with Gasteiger partial charge in [0.2, 0.25) is 0 Å². The molecular formula is C21H22N2O5S. The summed E-state index contributed by atoms with van der Waals surface area (Å²) in [5.74, 6) is -0.209. The Morgan fingerprint density at radius 3 is 2.45 bits per heavy atom. The van der Waals surface area contributed by atoms with E-state index in [1.165, 1.54) is 25.1 Å². The molecule has 0 spiro atoms. The van der Waals surface area contributed by atoms with Gasteiger partial charge in [0.1, 0.15) is 11.9 Å². The number of nitrogens with one attached hydrogen (secondary N) is 2. The van der Waals surface area contributed by atoms with Gasteiger partial charge in [-0.25, -0.2) is 8.42 Å². The van der Waals surface area contributed by atoms with E-state index in [1.54, 1.807) is 18.2 Å². The van der Waals surface area contributed by atoms with Gasteiger partial charge >= 0.3 is 0 Å². The smallest absolute Gasteiger partial charge is 0.261 e. The highest BCUT2D eigenvalue weighted by molar-refractivity contribution is 7.92. The average molecular weight is 414 g/mol. The molecule has 3 N–H and O–H groups in total. The summed E-state index contributed by atoms with van der Waals surface area (Å²) in [6, 6.07) is 16.9.